The van der Waals surface area contributed by atoms with Gasteiger partial charge in [0.15, 0.2) is 34.7 Å². The van der Waals surface area contributed by atoms with Crippen molar-refractivity contribution in [3.8, 4) is 0 Å². The van der Waals surface area contributed by atoms with Gasteiger partial charge in [0.2, 0.25) is 0 Å². The zero-order valence-electron chi connectivity index (χ0n) is 28.4. The average molecular weight is 621 g/mol. The summed E-state index contributed by atoms with van der Waals surface area (Å²) in [6.07, 6.45) is 14.5. The quantitative estimate of drug-likeness (QED) is 0.294. The topological polar surface area (TPSA) is 112 Å². The fourth-order valence-electron chi connectivity index (χ4n) is 4.77. The summed E-state index contributed by atoms with van der Waals surface area (Å²) in [5, 5.41) is 0. The van der Waals surface area contributed by atoms with Gasteiger partial charge in [-0.3, -0.25) is 28.8 Å². The number of methoxy groups -OCH3 is 1. The highest BCUT2D eigenvalue weighted by atomic mass is 16.5. The number of allylic oxidation sites excluding steroid dienone is 11. The Kier molecular flexibility index (Phi) is 18.6. The van der Waals surface area contributed by atoms with Gasteiger partial charge in [0.1, 0.15) is 0 Å². The van der Waals surface area contributed by atoms with Crippen molar-refractivity contribution >= 4 is 34.7 Å². The maximum absolute atomic E-state index is 12.7. The van der Waals surface area contributed by atoms with Gasteiger partial charge in [0, 0.05) is 45.6 Å². The number of Topliss-reactive ketones (excluding diaryl/α,β-unsaturated/α-hetero) is 6. The zero-order valence-corrected chi connectivity index (χ0v) is 28.4. The standard InChI is InChI=1S/C38H52O7/c1-26-13-8-18-33(39)27(2)14-10-20-35(41)29(4)16-12-22-37(43)31(6)25-32(45-7)23-24-38(44)30(5)17-11-21-36(42)28(3)15-9-19-34(26)40/h13-17,25,32H,8-12,18-24H2,1-7H3/b26-13-,27-14-,28-15-,29-16-,30-17-,31-25?. The predicted molar refractivity (Wildman–Crippen MR) is 179 cm³/mol. The van der Waals surface area contributed by atoms with Crippen molar-refractivity contribution < 1.29 is 33.5 Å². The van der Waals surface area contributed by atoms with Crippen LogP contribution in [-0.4, -0.2) is 47.9 Å². The SMILES string of the molecule is COC1C=C(C)C(=O)CC/C=C(/C)C(=O)CC/C=C(/C)C(=O)CC/C=C(/C)C(=O)CC/C=C(/C)C(=O)CC/C=C(/C)C(=O)CC1. The summed E-state index contributed by atoms with van der Waals surface area (Å²) < 4.78 is 5.50. The average Bonchev–Trinajstić information content (AvgIpc) is 3.01. The van der Waals surface area contributed by atoms with E-state index in [1.807, 2.05) is 0 Å². The molecule has 0 radical (unpaired) electrons. The third-order valence-electron chi connectivity index (χ3n) is 8.14. The van der Waals surface area contributed by atoms with Crippen LogP contribution in [0.4, 0.5) is 0 Å². The molecule has 0 saturated carbocycles. The first-order valence-electron chi connectivity index (χ1n) is 16.0. The second-order valence-electron chi connectivity index (χ2n) is 11.8. The Morgan fingerprint density at radius 2 is 0.667 bits per heavy atom. The number of ketones is 6. The van der Waals surface area contributed by atoms with Crippen LogP contribution in [0.15, 0.2) is 69.9 Å². The van der Waals surface area contributed by atoms with Crippen LogP contribution < -0.4 is 0 Å². The number of hydrogen-bond acceptors (Lipinski definition) is 7. The monoisotopic (exact) mass is 620 g/mol. The van der Waals surface area contributed by atoms with Gasteiger partial charge in [0.05, 0.1) is 6.10 Å². The molecule has 0 N–H and O–H groups in total. The van der Waals surface area contributed by atoms with Crippen LogP contribution in [-0.2, 0) is 33.5 Å². The highest BCUT2D eigenvalue weighted by Crippen LogP contribution is 2.15. The number of ether oxygens (including phenoxy) is 1. The lowest BCUT2D eigenvalue weighted by Gasteiger charge is -2.12. The van der Waals surface area contributed by atoms with Crippen LogP contribution in [0.2, 0.25) is 0 Å². The minimum absolute atomic E-state index is 0.0219. The van der Waals surface area contributed by atoms with E-state index in [-0.39, 0.29) is 73.2 Å². The van der Waals surface area contributed by atoms with Gasteiger partial charge >= 0.3 is 0 Å². The van der Waals surface area contributed by atoms with Gasteiger partial charge in [-0.15, -0.1) is 0 Å². The Morgan fingerprint density at radius 1 is 0.422 bits per heavy atom. The smallest absolute Gasteiger partial charge is 0.158 e. The highest BCUT2D eigenvalue weighted by Gasteiger charge is 2.14. The molecule has 0 amide bonds. The van der Waals surface area contributed by atoms with Crippen LogP contribution in [0.1, 0.15) is 119 Å². The molecule has 1 aliphatic rings. The van der Waals surface area contributed by atoms with Crippen molar-refractivity contribution in [2.75, 3.05) is 7.11 Å². The molecule has 0 bridgehead atoms. The summed E-state index contributed by atoms with van der Waals surface area (Å²) in [6.45, 7) is 10.4. The zero-order chi connectivity index (χ0) is 33.9. The minimum Gasteiger partial charge on any atom is -0.377 e. The number of hydrogen-bond donors (Lipinski definition) is 0. The first-order chi connectivity index (χ1) is 21.3. The molecule has 45 heavy (non-hydrogen) atoms. The lowest BCUT2D eigenvalue weighted by Crippen LogP contribution is -2.13. The van der Waals surface area contributed by atoms with Gasteiger partial charge in [-0.05, 0) is 120 Å². The number of rotatable bonds is 1. The molecular formula is C38H52O7. The van der Waals surface area contributed by atoms with Crippen molar-refractivity contribution in [2.45, 2.75) is 125 Å². The van der Waals surface area contributed by atoms with Crippen molar-refractivity contribution in [1.29, 1.82) is 0 Å². The fourth-order valence-corrected chi connectivity index (χ4v) is 4.77. The fraction of sp³-hybridized carbons (Fsp3) is 0.526. The molecule has 1 aliphatic carbocycles. The maximum atomic E-state index is 12.7. The molecule has 0 aliphatic heterocycles. The van der Waals surface area contributed by atoms with Crippen molar-refractivity contribution in [1.82, 2.24) is 0 Å². The summed E-state index contributed by atoms with van der Waals surface area (Å²) in [7, 11) is 1.54. The minimum atomic E-state index is -0.391. The first-order valence-corrected chi connectivity index (χ1v) is 16.0. The molecule has 0 aromatic carbocycles. The van der Waals surface area contributed by atoms with Gasteiger partial charge in [-0.1, -0.05) is 30.4 Å². The summed E-state index contributed by atoms with van der Waals surface area (Å²) in [6, 6.07) is 0. The summed E-state index contributed by atoms with van der Waals surface area (Å²) in [4.78, 5) is 75.5. The lowest BCUT2D eigenvalue weighted by atomic mass is 10.00. The van der Waals surface area contributed by atoms with E-state index < -0.39 is 6.10 Å². The molecule has 0 fully saturated rings. The van der Waals surface area contributed by atoms with Crippen LogP contribution in [0, 0.1) is 0 Å². The van der Waals surface area contributed by atoms with Gasteiger partial charge < -0.3 is 4.74 Å². The van der Waals surface area contributed by atoms with Crippen LogP contribution >= 0.6 is 0 Å². The van der Waals surface area contributed by atoms with Crippen LogP contribution in [0.3, 0.4) is 0 Å². The second-order valence-corrected chi connectivity index (χ2v) is 11.8. The molecular weight excluding hydrogens is 568 g/mol. The Morgan fingerprint density at radius 3 is 0.933 bits per heavy atom. The number of carbonyl (C=O) groups is 6. The largest absolute Gasteiger partial charge is 0.377 e. The Labute approximate surface area is 269 Å². The second kappa shape index (κ2) is 21.2. The summed E-state index contributed by atoms with van der Waals surface area (Å²) >= 11 is 0. The Balaban J connectivity index is 3.05. The molecule has 0 aromatic heterocycles. The van der Waals surface area contributed by atoms with Crippen molar-refractivity contribution in [2.24, 2.45) is 0 Å². The normalized spacial score (nSPS) is 27.3. The van der Waals surface area contributed by atoms with Crippen molar-refractivity contribution in [3.63, 3.8) is 0 Å². The molecule has 246 valence electrons. The number of carbonyl (C=O) groups excluding carboxylic acids is 6. The van der Waals surface area contributed by atoms with Crippen LogP contribution in [0.25, 0.3) is 0 Å². The van der Waals surface area contributed by atoms with Gasteiger partial charge in [-0.25, -0.2) is 0 Å². The molecule has 0 saturated heterocycles. The summed E-state index contributed by atoms with van der Waals surface area (Å²) in [5.41, 5.74) is 3.52. The van der Waals surface area contributed by atoms with E-state index in [4.69, 9.17) is 4.74 Å². The van der Waals surface area contributed by atoms with E-state index in [1.54, 1.807) is 85.1 Å². The van der Waals surface area contributed by atoms with E-state index in [0.717, 1.165) is 0 Å². The molecule has 7 nitrogen and oxygen atoms in total. The van der Waals surface area contributed by atoms with E-state index in [2.05, 4.69) is 0 Å². The van der Waals surface area contributed by atoms with E-state index in [9.17, 15) is 28.8 Å². The van der Waals surface area contributed by atoms with Crippen LogP contribution in [0.5, 0.6) is 0 Å². The molecule has 1 unspecified atom stereocenters. The highest BCUT2D eigenvalue weighted by molar-refractivity contribution is 5.98. The molecule has 0 heterocycles. The van der Waals surface area contributed by atoms with E-state index in [1.165, 1.54) is 0 Å². The molecule has 0 spiro atoms. The van der Waals surface area contributed by atoms with Gasteiger partial charge in [-0.2, -0.15) is 0 Å². The Bertz CT molecular complexity index is 1300. The lowest BCUT2D eigenvalue weighted by molar-refractivity contribution is -0.117. The van der Waals surface area contributed by atoms with Crippen molar-refractivity contribution in [3.05, 3.63) is 69.9 Å². The molecule has 7 heteroatoms. The summed E-state index contributed by atoms with van der Waals surface area (Å²) in [5.74, 6) is -0.180. The third kappa shape index (κ3) is 15.8. The predicted octanol–water partition coefficient (Wildman–Crippen LogP) is 7.79. The van der Waals surface area contributed by atoms with E-state index >= 15 is 0 Å². The maximum Gasteiger partial charge on any atom is 0.158 e. The Hall–Kier alpha value is -3.58. The third-order valence-corrected chi connectivity index (χ3v) is 8.14. The molecule has 1 atom stereocenters. The van der Waals surface area contributed by atoms with E-state index in [0.29, 0.717) is 72.0 Å². The molecule has 1 rings (SSSR count). The molecule has 0 aromatic rings. The van der Waals surface area contributed by atoms with Gasteiger partial charge in [0.25, 0.3) is 0 Å². The first kappa shape index (κ1) is 39.4.